The smallest absolute Gasteiger partial charge is 0.288 e. The highest BCUT2D eigenvalue weighted by Crippen LogP contribution is 2.68. The molecule has 1 spiro atoms. The summed E-state index contributed by atoms with van der Waals surface area (Å²) >= 11 is 0. The Morgan fingerprint density at radius 2 is 1.16 bits per heavy atom. The number of ether oxygens (including phenoxy) is 22. The Labute approximate surface area is 572 Å². The second-order valence-electron chi connectivity index (χ2n) is 30.2. The zero-order valence-electron chi connectivity index (χ0n) is 59.9. The Hall–Kier alpha value is -2.01. The molecule has 5 aliphatic carbocycles. The van der Waals surface area contributed by atoms with Crippen LogP contribution < -0.4 is 0 Å². The summed E-state index contributed by atoms with van der Waals surface area (Å²) in [7, 11) is 11.1. The number of fused-ring (bicyclic) bond motifs is 6. The molecule has 3 saturated carbocycles. The van der Waals surface area contributed by atoms with Crippen molar-refractivity contribution in [3.05, 3.63) is 23.5 Å². The van der Waals surface area contributed by atoms with Crippen LogP contribution in [0.1, 0.15) is 152 Å². The number of Topliss-reactive ketones (excluding diaryl/α,β-unsaturated/α-hetero) is 1. The van der Waals surface area contributed by atoms with Gasteiger partial charge in [0.1, 0.15) is 54.9 Å². The fraction of sp³-hybridized carbons (Fsp3) is 0.930. The molecule has 7 aliphatic heterocycles. The van der Waals surface area contributed by atoms with Crippen molar-refractivity contribution in [2.75, 3.05) is 56.6 Å². The van der Waals surface area contributed by atoms with Gasteiger partial charge in [-0.05, 0) is 129 Å². The molecule has 10 fully saturated rings. The standard InChI is InChI=1S/C71H114O26/c1-34-58(72)66(82-16)60(74)67(89-34)95-63-37(4)87-56(30-51(63)80-14)93-61-35(2)85-55(28-49(61)78-12)92-62-36(3)86-57(29-50(62)79-13)94-64-39(6)96-71(32-53(64)81-15)84-33-83-52-31-54(88-38(5)65(52)97-71)90-40(7)70(75)24-21-46-44-18-17-41-25-42(19-22-68(41,8)45(44)20-23-69(46,70)9)91-48-27-43(76-10)26-47(77-11)59(48)73/h17,26,34-40,42-46,48-58,60-67,72,74-75H,18-25,27-33H2,1-16H3/t34-,35-,36-,37-,38-,39-,40+,42+,43?,44-,45+,46+,48?,49+,50+,51+,52-,53-,54+,55+,56+,57+,58+,60-,61-,62-,63-,64-,65-,66+,67+,68+,69+,70+,71+/m1/s1. The second-order valence-corrected chi connectivity index (χ2v) is 30.2. The van der Waals surface area contributed by atoms with E-state index in [4.69, 9.17) is 104 Å². The highest BCUT2D eigenvalue weighted by molar-refractivity contribution is 5.98. The largest absolute Gasteiger partial charge is 0.493 e. The number of aliphatic hydroxyl groups excluding tert-OH is 2. The maximum Gasteiger partial charge on any atom is 0.288 e. The van der Waals surface area contributed by atoms with Gasteiger partial charge in [0.2, 0.25) is 5.78 Å². The first-order chi connectivity index (χ1) is 46.3. The first-order valence-corrected chi connectivity index (χ1v) is 35.9. The third-order valence-corrected chi connectivity index (χ3v) is 25.0. The molecule has 26 nitrogen and oxygen atoms in total. The van der Waals surface area contributed by atoms with Crippen molar-refractivity contribution in [1.29, 1.82) is 0 Å². The van der Waals surface area contributed by atoms with Crippen LogP contribution in [0.2, 0.25) is 0 Å². The molecule has 97 heavy (non-hydrogen) atoms. The van der Waals surface area contributed by atoms with Crippen LogP contribution in [-0.2, 0) is 109 Å². The van der Waals surface area contributed by atoms with Crippen molar-refractivity contribution >= 4 is 5.78 Å². The van der Waals surface area contributed by atoms with E-state index in [1.807, 2.05) is 41.5 Å². The Kier molecular flexibility index (Phi) is 23.6. The van der Waals surface area contributed by atoms with Crippen molar-refractivity contribution in [2.24, 2.45) is 28.6 Å². The van der Waals surface area contributed by atoms with Crippen molar-refractivity contribution in [3.63, 3.8) is 0 Å². The second kappa shape index (κ2) is 30.6. The number of allylic oxidation sites excluding steroid dienone is 1. The highest BCUT2D eigenvalue weighted by Gasteiger charge is 2.66. The summed E-state index contributed by atoms with van der Waals surface area (Å²) in [5.74, 6) is -0.0935. The van der Waals surface area contributed by atoms with Crippen LogP contribution in [0.25, 0.3) is 0 Å². The summed E-state index contributed by atoms with van der Waals surface area (Å²) in [6, 6.07) is 0. The fourth-order valence-electron chi connectivity index (χ4n) is 19.4. The van der Waals surface area contributed by atoms with E-state index in [1.165, 1.54) is 19.8 Å². The molecule has 2 unspecified atom stereocenters. The average Bonchev–Trinajstić information content (AvgIpc) is 1.63. The molecule has 35 atom stereocenters. The number of methoxy groups -OCH3 is 7. The molecule has 3 N–H and O–H groups in total. The van der Waals surface area contributed by atoms with E-state index < -0.39 is 171 Å². The Morgan fingerprint density at radius 1 is 0.577 bits per heavy atom. The third kappa shape index (κ3) is 14.5. The maximum absolute atomic E-state index is 13.3. The lowest BCUT2D eigenvalue weighted by atomic mass is 9.46. The molecule has 0 radical (unpaired) electrons. The van der Waals surface area contributed by atoms with Crippen LogP contribution in [0.15, 0.2) is 23.5 Å². The molecule has 0 bridgehead atoms. The van der Waals surface area contributed by atoms with Gasteiger partial charge in [-0.3, -0.25) is 4.79 Å². The van der Waals surface area contributed by atoms with E-state index in [0.717, 1.165) is 44.9 Å². The maximum atomic E-state index is 13.3. The van der Waals surface area contributed by atoms with Crippen molar-refractivity contribution in [1.82, 2.24) is 0 Å². The van der Waals surface area contributed by atoms with Crippen molar-refractivity contribution in [3.8, 4) is 0 Å². The van der Waals surface area contributed by atoms with Crippen LogP contribution in [-0.4, -0.2) is 261 Å². The summed E-state index contributed by atoms with van der Waals surface area (Å²) < 4.78 is 139. The number of hydrogen-bond acceptors (Lipinski definition) is 26. The summed E-state index contributed by atoms with van der Waals surface area (Å²) in [5, 5.41) is 34.5. The Morgan fingerprint density at radius 3 is 1.75 bits per heavy atom. The van der Waals surface area contributed by atoms with Crippen LogP contribution in [0.3, 0.4) is 0 Å². The molecule has 12 aliphatic rings. The van der Waals surface area contributed by atoms with Crippen molar-refractivity contribution < 1.29 is 124 Å². The van der Waals surface area contributed by atoms with Gasteiger partial charge in [0.25, 0.3) is 5.97 Å². The number of ketones is 1. The molecule has 26 heteroatoms. The van der Waals surface area contributed by atoms with Gasteiger partial charge in [0.05, 0.1) is 105 Å². The minimum Gasteiger partial charge on any atom is -0.493 e. The summed E-state index contributed by atoms with van der Waals surface area (Å²) in [6.45, 7) is 17.9. The molecular formula is C71H114O26. The fourth-order valence-corrected chi connectivity index (χ4v) is 19.4. The third-order valence-electron chi connectivity index (χ3n) is 25.0. The molecule has 7 heterocycles. The Balaban J connectivity index is 0.607. The Bertz CT molecular complexity index is 2690. The lowest BCUT2D eigenvalue weighted by Gasteiger charge is -2.59. The summed E-state index contributed by atoms with van der Waals surface area (Å²) in [6.07, 6.45) is -3.72. The predicted molar refractivity (Wildman–Crippen MR) is 341 cm³/mol. The van der Waals surface area contributed by atoms with E-state index in [1.54, 1.807) is 48.5 Å². The van der Waals surface area contributed by atoms with Gasteiger partial charge in [0.15, 0.2) is 44.0 Å². The minimum absolute atomic E-state index is 0.0319. The molecule has 0 amide bonds. The van der Waals surface area contributed by atoms with Gasteiger partial charge in [-0.15, -0.1) is 0 Å². The molecule has 0 aromatic carbocycles. The monoisotopic (exact) mass is 1380 g/mol. The topological polar surface area (TPSA) is 281 Å². The predicted octanol–water partition coefficient (Wildman–Crippen LogP) is 6.20. The first kappa shape index (κ1) is 74.7. The average molecular weight is 1380 g/mol. The lowest BCUT2D eigenvalue weighted by Crippen LogP contribution is -2.62. The van der Waals surface area contributed by atoms with Crippen LogP contribution in [0.4, 0.5) is 0 Å². The van der Waals surface area contributed by atoms with Gasteiger partial charge in [0, 0.05) is 80.2 Å². The van der Waals surface area contributed by atoms with E-state index in [-0.39, 0.29) is 42.0 Å². The number of aliphatic hydroxyl groups is 3. The molecule has 0 aromatic rings. The SMILES string of the molecule is COC1=CC(OC)CC(O[C@H]2CC[C@@]3(C)C(=CC[C@@H]4[C@@H]3CC[C@@]3(C)[C@H]4CC[C@]3(O)[C@H](C)O[C@H]3C[C@H]4OCO[C@]5(C[C@@H](OC)[C@H](O[C@H]6C[C@H](OC)[C@H](O[C@H]7C[C@H](OC)[C@H](O[C@H]8C[C@H](OC)[C@H](O[C@@H]9O[C@H](C)[C@H](O)[C@H](OC)[C@H]9O)[C@@H](C)O8)[C@@H](C)O7)[C@@H](C)O6)[C@@H](C)O5)O[C@@H]4[C@@H](C)O3)C2)C1=O. The number of rotatable bonds is 20. The van der Waals surface area contributed by atoms with Crippen molar-refractivity contribution in [2.45, 2.75) is 336 Å². The van der Waals surface area contributed by atoms with E-state index in [9.17, 15) is 20.1 Å². The van der Waals surface area contributed by atoms with Crippen LogP contribution in [0, 0.1) is 28.6 Å². The summed E-state index contributed by atoms with van der Waals surface area (Å²) in [4.78, 5) is 13.3. The van der Waals surface area contributed by atoms with Crippen LogP contribution >= 0.6 is 0 Å². The first-order valence-electron chi connectivity index (χ1n) is 35.9. The highest BCUT2D eigenvalue weighted by atomic mass is 16.9. The zero-order chi connectivity index (χ0) is 69.2. The zero-order valence-corrected chi connectivity index (χ0v) is 59.9. The van der Waals surface area contributed by atoms with Gasteiger partial charge in [-0.25, -0.2) is 0 Å². The van der Waals surface area contributed by atoms with Gasteiger partial charge in [-0.1, -0.05) is 25.5 Å². The molecule has 12 rings (SSSR count). The molecule has 554 valence electrons. The van der Waals surface area contributed by atoms with E-state index in [0.29, 0.717) is 62.0 Å². The van der Waals surface area contributed by atoms with Crippen LogP contribution in [0.5, 0.6) is 0 Å². The number of carbonyl (C=O) groups excluding carboxylic acids is 1. The van der Waals surface area contributed by atoms with Gasteiger partial charge in [-0.2, -0.15) is 0 Å². The lowest BCUT2D eigenvalue weighted by molar-refractivity contribution is -0.447. The summed E-state index contributed by atoms with van der Waals surface area (Å²) in [5.41, 5.74) is 0.0462. The van der Waals surface area contributed by atoms with E-state index >= 15 is 0 Å². The number of hydrogen-bond donors (Lipinski definition) is 3. The molecule has 0 aromatic heterocycles. The molecular weight excluding hydrogens is 1270 g/mol. The normalized spacial score (nSPS) is 51.4. The minimum atomic E-state index is -1.55. The van der Waals surface area contributed by atoms with Gasteiger partial charge < -0.3 is 120 Å². The quantitative estimate of drug-likeness (QED) is 0.114. The molecule has 7 saturated heterocycles. The van der Waals surface area contributed by atoms with E-state index in [2.05, 4.69) is 19.9 Å². The van der Waals surface area contributed by atoms with Gasteiger partial charge >= 0.3 is 0 Å². The number of carbonyl (C=O) groups is 1.